The molecular formula is C11H14N2O3S. The highest BCUT2D eigenvalue weighted by Gasteiger charge is 2.36. The molecule has 2 atom stereocenters. The standard InChI is InChI=1S/C11H14N2O3S/c1-7-4-13(5-9(7)10(14)15)11(16)12-8-2-3-17-6-8/h2-3,6-7,9H,4-5H2,1H3,(H,12,16)(H,14,15). The van der Waals surface area contributed by atoms with Gasteiger partial charge in [-0.15, -0.1) is 0 Å². The van der Waals surface area contributed by atoms with Crippen molar-refractivity contribution in [1.82, 2.24) is 4.90 Å². The predicted molar refractivity (Wildman–Crippen MR) is 65.2 cm³/mol. The Balaban J connectivity index is 1.96. The molecule has 1 aliphatic rings. The third kappa shape index (κ3) is 2.58. The molecule has 92 valence electrons. The molecule has 2 amide bonds. The van der Waals surface area contributed by atoms with Crippen molar-refractivity contribution < 1.29 is 14.7 Å². The van der Waals surface area contributed by atoms with Crippen molar-refractivity contribution >= 4 is 29.0 Å². The number of carboxylic acids is 1. The summed E-state index contributed by atoms with van der Waals surface area (Å²) in [5.74, 6) is -1.28. The highest BCUT2D eigenvalue weighted by Crippen LogP contribution is 2.24. The summed E-state index contributed by atoms with van der Waals surface area (Å²) in [4.78, 5) is 24.4. The number of hydrogen-bond donors (Lipinski definition) is 2. The molecule has 2 N–H and O–H groups in total. The van der Waals surface area contributed by atoms with Crippen molar-refractivity contribution in [2.24, 2.45) is 11.8 Å². The third-order valence-corrected chi connectivity index (χ3v) is 3.67. The molecule has 17 heavy (non-hydrogen) atoms. The molecule has 0 saturated carbocycles. The largest absolute Gasteiger partial charge is 0.481 e. The van der Waals surface area contributed by atoms with E-state index in [0.29, 0.717) is 6.54 Å². The van der Waals surface area contributed by atoms with E-state index in [4.69, 9.17) is 5.11 Å². The summed E-state index contributed by atoms with van der Waals surface area (Å²) in [5, 5.41) is 15.4. The Bertz CT molecular complexity index is 418. The number of thiophene rings is 1. The summed E-state index contributed by atoms with van der Waals surface area (Å²) in [5.41, 5.74) is 0.756. The van der Waals surface area contributed by atoms with Crippen molar-refractivity contribution in [2.45, 2.75) is 6.92 Å². The van der Waals surface area contributed by atoms with Gasteiger partial charge in [-0.3, -0.25) is 4.79 Å². The zero-order chi connectivity index (χ0) is 12.4. The number of aliphatic carboxylic acids is 1. The normalized spacial score (nSPS) is 23.7. The Morgan fingerprint density at radius 3 is 2.82 bits per heavy atom. The summed E-state index contributed by atoms with van der Waals surface area (Å²) >= 11 is 1.50. The van der Waals surface area contributed by atoms with Gasteiger partial charge in [-0.25, -0.2) is 4.79 Å². The van der Waals surface area contributed by atoms with Gasteiger partial charge in [0.1, 0.15) is 0 Å². The van der Waals surface area contributed by atoms with E-state index >= 15 is 0 Å². The number of urea groups is 1. The number of carbonyl (C=O) groups excluding carboxylic acids is 1. The lowest BCUT2D eigenvalue weighted by molar-refractivity contribution is -0.142. The average molecular weight is 254 g/mol. The van der Waals surface area contributed by atoms with Gasteiger partial charge in [0.2, 0.25) is 0 Å². The van der Waals surface area contributed by atoms with E-state index in [2.05, 4.69) is 5.32 Å². The van der Waals surface area contributed by atoms with Gasteiger partial charge in [-0.1, -0.05) is 6.92 Å². The summed E-state index contributed by atoms with van der Waals surface area (Å²) in [6.45, 7) is 2.63. The fourth-order valence-electron chi connectivity index (χ4n) is 1.99. The molecule has 2 rings (SSSR count). The minimum Gasteiger partial charge on any atom is -0.481 e. The van der Waals surface area contributed by atoms with Gasteiger partial charge >= 0.3 is 12.0 Å². The van der Waals surface area contributed by atoms with E-state index in [1.165, 1.54) is 11.3 Å². The van der Waals surface area contributed by atoms with Crippen molar-refractivity contribution in [1.29, 1.82) is 0 Å². The molecule has 6 heteroatoms. The molecule has 0 aliphatic carbocycles. The lowest BCUT2D eigenvalue weighted by Gasteiger charge is -2.16. The van der Waals surface area contributed by atoms with Gasteiger partial charge in [0.15, 0.2) is 0 Å². The van der Waals surface area contributed by atoms with E-state index in [1.54, 1.807) is 4.90 Å². The number of nitrogens with zero attached hydrogens (tertiary/aromatic N) is 1. The quantitative estimate of drug-likeness (QED) is 0.847. The molecule has 2 unspecified atom stereocenters. The monoisotopic (exact) mass is 254 g/mol. The number of likely N-dealkylation sites (tertiary alicyclic amines) is 1. The van der Waals surface area contributed by atoms with Crippen LogP contribution in [0.4, 0.5) is 10.5 Å². The van der Waals surface area contributed by atoms with Crippen LogP contribution in [0.15, 0.2) is 16.8 Å². The SMILES string of the molecule is CC1CN(C(=O)Nc2ccsc2)CC1C(=O)O. The van der Waals surface area contributed by atoms with Gasteiger partial charge in [0, 0.05) is 18.5 Å². The summed E-state index contributed by atoms with van der Waals surface area (Å²) in [7, 11) is 0. The molecule has 1 aromatic rings. The Morgan fingerprint density at radius 1 is 1.53 bits per heavy atom. The van der Waals surface area contributed by atoms with Crippen LogP contribution in [0.1, 0.15) is 6.92 Å². The van der Waals surface area contributed by atoms with Crippen molar-refractivity contribution in [2.75, 3.05) is 18.4 Å². The molecule has 1 aromatic heterocycles. The van der Waals surface area contributed by atoms with Gasteiger partial charge < -0.3 is 15.3 Å². The fourth-order valence-corrected chi connectivity index (χ4v) is 2.58. The number of nitrogens with one attached hydrogen (secondary N) is 1. The van der Waals surface area contributed by atoms with Crippen molar-refractivity contribution in [3.8, 4) is 0 Å². The van der Waals surface area contributed by atoms with Crippen LogP contribution in [0.5, 0.6) is 0 Å². The van der Waals surface area contributed by atoms with Crippen LogP contribution in [0.2, 0.25) is 0 Å². The zero-order valence-electron chi connectivity index (χ0n) is 9.42. The van der Waals surface area contributed by atoms with Crippen LogP contribution in [-0.2, 0) is 4.79 Å². The van der Waals surface area contributed by atoms with E-state index in [0.717, 1.165) is 5.69 Å². The fraction of sp³-hybridized carbons (Fsp3) is 0.455. The van der Waals surface area contributed by atoms with Gasteiger partial charge in [0.25, 0.3) is 0 Å². The Morgan fingerprint density at radius 2 is 2.29 bits per heavy atom. The Labute approximate surface area is 103 Å². The lowest BCUT2D eigenvalue weighted by atomic mass is 9.99. The molecule has 1 saturated heterocycles. The summed E-state index contributed by atoms with van der Waals surface area (Å²) in [6, 6.07) is 1.59. The molecule has 5 nitrogen and oxygen atoms in total. The molecule has 0 radical (unpaired) electrons. The number of hydrogen-bond acceptors (Lipinski definition) is 3. The summed E-state index contributed by atoms with van der Waals surface area (Å²) in [6.07, 6.45) is 0. The van der Waals surface area contributed by atoms with Crippen LogP contribution < -0.4 is 5.32 Å². The number of rotatable bonds is 2. The van der Waals surface area contributed by atoms with Gasteiger partial charge in [-0.05, 0) is 17.4 Å². The molecule has 0 aromatic carbocycles. The highest BCUT2D eigenvalue weighted by atomic mass is 32.1. The van der Waals surface area contributed by atoms with Gasteiger partial charge in [0.05, 0.1) is 11.6 Å². The minimum atomic E-state index is -0.830. The van der Waals surface area contributed by atoms with E-state index < -0.39 is 11.9 Å². The maximum atomic E-state index is 11.9. The third-order valence-electron chi connectivity index (χ3n) is 2.99. The van der Waals surface area contributed by atoms with Crippen LogP contribution >= 0.6 is 11.3 Å². The summed E-state index contributed by atoms with van der Waals surface area (Å²) < 4.78 is 0. The maximum Gasteiger partial charge on any atom is 0.321 e. The molecule has 1 aliphatic heterocycles. The molecular weight excluding hydrogens is 240 g/mol. The predicted octanol–water partition coefficient (Wildman–Crippen LogP) is 1.93. The van der Waals surface area contributed by atoms with Crippen LogP contribution in [0.25, 0.3) is 0 Å². The number of anilines is 1. The molecule has 2 heterocycles. The molecule has 0 bridgehead atoms. The lowest BCUT2D eigenvalue weighted by Crippen LogP contribution is -2.33. The number of amides is 2. The average Bonchev–Trinajstić information content (AvgIpc) is 2.86. The smallest absolute Gasteiger partial charge is 0.321 e. The first-order chi connectivity index (χ1) is 8.08. The van der Waals surface area contributed by atoms with Crippen molar-refractivity contribution in [3.05, 3.63) is 16.8 Å². The molecule has 1 fully saturated rings. The first-order valence-corrected chi connectivity index (χ1v) is 6.33. The van der Waals surface area contributed by atoms with E-state index in [9.17, 15) is 9.59 Å². The van der Waals surface area contributed by atoms with E-state index in [-0.39, 0.29) is 18.5 Å². The Kier molecular flexibility index (Phi) is 3.33. The zero-order valence-corrected chi connectivity index (χ0v) is 10.2. The second-order valence-electron chi connectivity index (χ2n) is 4.27. The molecule has 0 spiro atoms. The second-order valence-corrected chi connectivity index (χ2v) is 5.05. The van der Waals surface area contributed by atoms with Crippen LogP contribution in [-0.4, -0.2) is 35.1 Å². The van der Waals surface area contributed by atoms with Crippen LogP contribution in [0.3, 0.4) is 0 Å². The maximum absolute atomic E-state index is 11.9. The number of carboxylic acid groups (broad SMARTS) is 1. The minimum absolute atomic E-state index is 0.000671. The first-order valence-electron chi connectivity index (χ1n) is 5.39. The topological polar surface area (TPSA) is 69.6 Å². The van der Waals surface area contributed by atoms with E-state index in [1.807, 2.05) is 23.8 Å². The second kappa shape index (κ2) is 4.75. The number of carbonyl (C=O) groups is 2. The highest BCUT2D eigenvalue weighted by molar-refractivity contribution is 7.08. The first kappa shape index (κ1) is 11.9. The Hall–Kier alpha value is -1.56. The van der Waals surface area contributed by atoms with Gasteiger partial charge in [-0.2, -0.15) is 11.3 Å². The van der Waals surface area contributed by atoms with Crippen molar-refractivity contribution in [3.63, 3.8) is 0 Å². The van der Waals surface area contributed by atoms with Crippen LogP contribution in [0, 0.1) is 11.8 Å².